The molecule has 172 valence electrons. The molecule has 3 aromatic rings. The number of benzene rings is 2. The van der Waals surface area contributed by atoms with Gasteiger partial charge in [0.1, 0.15) is 17.3 Å². The summed E-state index contributed by atoms with van der Waals surface area (Å²) in [4.78, 5) is 16.2. The molecule has 9 heteroatoms. The molecule has 0 aliphatic heterocycles. The number of aryl methyl sites for hydroxylation is 1. The predicted octanol–water partition coefficient (Wildman–Crippen LogP) is 2.99. The van der Waals surface area contributed by atoms with E-state index in [1.165, 1.54) is 30.0 Å². The second-order valence-corrected chi connectivity index (χ2v) is 8.91. The van der Waals surface area contributed by atoms with Crippen LogP contribution in [-0.4, -0.2) is 17.6 Å². The van der Waals surface area contributed by atoms with E-state index < -0.39 is 5.97 Å². The molecule has 0 N–H and O–H groups in total. The van der Waals surface area contributed by atoms with Gasteiger partial charge in [-0.05, 0) is 73.4 Å². The Morgan fingerprint density at radius 2 is 1.76 bits per heavy atom. The predicted molar refractivity (Wildman–Crippen MR) is 129 cm³/mol. The Bertz CT molecular complexity index is 1110. The van der Waals surface area contributed by atoms with E-state index >= 15 is 0 Å². The van der Waals surface area contributed by atoms with Gasteiger partial charge < -0.3 is 14.6 Å². The van der Waals surface area contributed by atoms with Gasteiger partial charge in [-0.25, -0.2) is 9.37 Å². The van der Waals surface area contributed by atoms with Crippen molar-refractivity contribution >= 4 is 47.0 Å². The number of rotatable bonds is 11. The van der Waals surface area contributed by atoms with Crippen LogP contribution < -0.4 is 39.4 Å². The Morgan fingerprint density at radius 1 is 1.06 bits per heavy atom. The van der Waals surface area contributed by atoms with Crippen molar-refractivity contribution in [3.63, 3.8) is 0 Å². The molecule has 0 saturated carbocycles. The zero-order chi connectivity index (χ0) is 23.6. The van der Waals surface area contributed by atoms with Gasteiger partial charge in [0.15, 0.2) is 0 Å². The molecule has 0 bridgehead atoms. The van der Waals surface area contributed by atoms with Crippen molar-refractivity contribution in [2.24, 2.45) is 0 Å². The molecule has 0 amide bonds. The minimum atomic E-state index is -1.32. The van der Waals surface area contributed by atoms with Crippen molar-refractivity contribution in [3.05, 3.63) is 93.5 Å². The van der Waals surface area contributed by atoms with Crippen LogP contribution in [0.25, 0.3) is 6.08 Å². The van der Waals surface area contributed by atoms with Crippen molar-refractivity contribution in [2.45, 2.75) is 29.9 Å². The van der Waals surface area contributed by atoms with E-state index in [0.29, 0.717) is 33.8 Å². The monoisotopic (exact) mass is 527 g/mol. The number of carboxylic acids is 1. The van der Waals surface area contributed by atoms with E-state index in [2.05, 4.69) is 4.98 Å². The number of ether oxygens (including phenoxy) is 1. The number of thioether (sulfide) groups is 1. The fourth-order valence-electron chi connectivity index (χ4n) is 3.00. The molecular weight excluding hydrogens is 507 g/mol. The number of aromatic nitrogens is 1. The number of carbonyl (C=O) groups is 1. The molecule has 2 aromatic carbocycles. The molecular formula is C25H21Cl2FNNaO3S. The molecule has 0 atom stereocenters. The fourth-order valence-corrected chi connectivity index (χ4v) is 4.59. The molecule has 1 heterocycles. The van der Waals surface area contributed by atoms with Gasteiger partial charge in [-0.3, -0.25) is 0 Å². The standard InChI is InChI=1S/C25H22Cl2FNO3S.Na/c26-20-5-3-6-21(27)25(20)33-16-19-11-13-23(22(29-19)12-14-24(30)31)32-15-2-1-4-17-7-9-18(28)10-8-17;/h3,5-14H,1-2,4,15-16H2,(H,30,31);/q;+1/p-1/b14-12+;. The number of carbonyl (C=O) groups excluding carboxylic acids is 1. The Labute approximate surface area is 234 Å². The number of aliphatic carboxylic acids is 1. The van der Waals surface area contributed by atoms with Gasteiger partial charge in [-0.2, -0.15) is 0 Å². The van der Waals surface area contributed by atoms with E-state index in [9.17, 15) is 14.3 Å². The average Bonchev–Trinajstić information content (AvgIpc) is 2.79. The number of hydrogen-bond donors (Lipinski definition) is 0. The molecule has 0 radical (unpaired) electrons. The molecule has 0 saturated heterocycles. The number of halogens is 3. The topological polar surface area (TPSA) is 62.2 Å². The molecule has 0 aliphatic rings. The van der Waals surface area contributed by atoms with Crippen LogP contribution in [0.5, 0.6) is 5.75 Å². The Balaban J connectivity index is 0.00000408. The van der Waals surface area contributed by atoms with Crippen molar-refractivity contribution in [1.29, 1.82) is 0 Å². The largest absolute Gasteiger partial charge is 1.00 e. The van der Waals surface area contributed by atoms with Crippen LogP contribution in [0.15, 0.2) is 65.6 Å². The first kappa shape index (κ1) is 28.7. The van der Waals surface area contributed by atoms with Crippen molar-refractivity contribution in [3.8, 4) is 5.75 Å². The summed E-state index contributed by atoms with van der Waals surface area (Å²) < 4.78 is 18.8. The number of hydrogen-bond acceptors (Lipinski definition) is 5. The summed E-state index contributed by atoms with van der Waals surface area (Å²) in [6.07, 6.45) is 4.76. The summed E-state index contributed by atoms with van der Waals surface area (Å²) in [5.41, 5.74) is 2.19. The molecule has 4 nitrogen and oxygen atoms in total. The quantitative estimate of drug-likeness (QED) is 0.166. The number of unbranched alkanes of at least 4 members (excludes halogenated alkanes) is 1. The van der Waals surface area contributed by atoms with Gasteiger partial charge in [0.05, 0.1) is 28.3 Å². The van der Waals surface area contributed by atoms with Gasteiger partial charge in [0, 0.05) is 10.6 Å². The van der Waals surface area contributed by atoms with Crippen molar-refractivity contribution < 1.29 is 48.6 Å². The van der Waals surface area contributed by atoms with Crippen LogP contribution in [0.1, 0.15) is 29.8 Å². The summed E-state index contributed by atoms with van der Waals surface area (Å²) in [6, 6.07) is 15.4. The van der Waals surface area contributed by atoms with Crippen molar-refractivity contribution in [2.75, 3.05) is 6.61 Å². The fraction of sp³-hybridized carbons (Fsp3) is 0.200. The zero-order valence-corrected chi connectivity index (χ0v) is 22.9. The molecule has 0 unspecified atom stereocenters. The maximum Gasteiger partial charge on any atom is 1.00 e. The van der Waals surface area contributed by atoms with Gasteiger partial charge in [-0.15, -0.1) is 11.8 Å². The van der Waals surface area contributed by atoms with Crippen LogP contribution in [0.3, 0.4) is 0 Å². The summed E-state index contributed by atoms with van der Waals surface area (Å²) in [5.74, 6) is -0.583. The number of pyridine rings is 1. The molecule has 0 aliphatic carbocycles. The van der Waals surface area contributed by atoms with E-state index in [-0.39, 0.29) is 35.4 Å². The average molecular weight is 528 g/mol. The van der Waals surface area contributed by atoms with E-state index in [1.54, 1.807) is 36.4 Å². The molecule has 0 spiro atoms. The minimum Gasteiger partial charge on any atom is -0.545 e. The van der Waals surface area contributed by atoms with Crippen molar-refractivity contribution in [1.82, 2.24) is 4.98 Å². The Morgan fingerprint density at radius 3 is 2.44 bits per heavy atom. The first-order chi connectivity index (χ1) is 15.9. The zero-order valence-electron chi connectivity index (χ0n) is 18.6. The van der Waals surface area contributed by atoms with Crippen LogP contribution in [-0.2, 0) is 17.0 Å². The van der Waals surface area contributed by atoms with Gasteiger partial charge in [0.2, 0.25) is 0 Å². The van der Waals surface area contributed by atoms with Gasteiger partial charge in [0.25, 0.3) is 0 Å². The van der Waals surface area contributed by atoms with E-state index in [4.69, 9.17) is 27.9 Å². The summed E-state index contributed by atoms with van der Waals surface area (Å²) in [7, 11) is 0. The third kappa shape index (κ3) is 9.25. The Hall–Kier alpha value is -1.54. The smallest absolute Gasteiger partial charge is 0.545 e. The SMILES string of the molecule is O=C([O-])/C=C/c1nc(CSc2c(Cl)cccc2Cl)ccc1OCCCCc1ccc(F)cc1.[Na+]. The summed E-state index contributed by atoms with van der Waals surface area (Å²) >= 11 is 13.9. The maximum atomic E-state index is 13.0. The molecule has 34 heavy (non-hydrogen) atoms. The second-order valence-electron chi connectivity index (χ2n) is 7.11. The van der Waals surface area contributed by atoms with Crippen LogP contribution in [0.4, 0.5) is 4.39 Å². The number of nitrogens with zero attached hydrogens (tertiary/aromatic N) is 1. The Kier molecular flexibility index (Phi) is 12.5. The van der Waals surface area contributed by atoms with Crippen LogP contribution in [0, 0.1) is 5.82 Å². The summed E-state index contributed by atoms with van der Waals surface area (Å²) in [5, 5.41) is 12.0. The van der Waals surface area contributed by atoms with Crippen LogP contribution in [0.2, 0.25) is 10.0 Å². The first-order valence-corrected chi connectivity index (χ1v) is 12.0. The van der Waals surface area contributed by atoms with Gasteiger partial charge in [-0.1, -0.05) is 41.4 Å². The van der Waals surface area contributed by atoms with Gasteiger partial charge >= 0.3 is 29.6 Å². The third-order valence-electron chi connectivity index (χ3n) is 4.63. The molecule has 3 rings (SSSR count). The normalized spacial score (nSPS) is 10.8. The van der Waals surface area contributed by atoms with E-state index in [0.717, 1.165) is 41.5 Å². The first-order valence-electron chi connectivity index (χ1n) is 10.3. The maximum absolute atomic E-state index is 13.0. The minimum absolute atomic E-state index is 0. The molecule has 0 fully saturated rings. The van der Waals surface area contributed by atoms with Crippen LogP contribution >= 0.6 is 35.0 Å². The molecule has 1 aromatic heterocycles. The number of carboxylic acid groups (broad SMARTS) is 1. The second kappa shape index (κ2) is 14.8. The third-order valence-corrected chi connectivity index (χ3v) is 6.66. The summed E-state index contributed by atoms with van der Waals surface area (Å²) in [6.45, 7) is 0.443. The van der Waals surface area contributed by atoms with E-state index in [1.807, 2.05) is 6.07 Å².